The van der Waals surface area contributed by atoms with Crippen molar-refractivity contribution in [3.63, 3.8) is 0 Å². The average molecular weight is 331 g/mol. The van der Waals surface area contributed by atoms with E-state index in [0.29, 0.717) is 22.9 Å². The summed E-state index contributed by atoms with van der Waals surface area (Å²) in [5, 5.41) is 5.04. The van der Waals surface area contributed by atoms with Crippen LogP contribution in [0.3, 0.4) is 0 Å². The van der Waals surface area contributed by atoms with Crippen molar-refractivity contribution in [2.24, 2.45) is 0 Å². The van der Waals surface area contributed by atoms with Crippen molar-refractivity contribution in [2.75, 3.05) is 0 Å². The fourth-order valence-electron chi connectivity index (χ4n) is 2.09. The number of aromatic nitrogens is 2. The van der Waals surface area contributed by atoms with Crippen LogP contribution >= 0.6 is 23.2 Å². The van der Waals surface area contributed by atoms with Crippen molar-refractivity contribution in [3.05, 3.63) is 46.0 Å². The van der Waals surface area contributed by atoms with Gasteiger partial charge < -0.3 is 4.74 Å². The highest BCUT2D eigenvalue weighted by molar-refractivity contribution is 6.31. The third-order valence-electron chi connectivity index (χ3n) is 3.16. The molecule has 0 aliphatic rings. The van der Waals surface area contributed by atoms with Crippen LogP contribution < -0.4 is 4.74 Å². The number of ether oxygens (including phenoxy) is 1. The van der Waals surface area contributed by atoms with Crippen molar-refractivity contribution < 1.29 is 9.13 Å². The van der Waals surface area contributed by atoms with Gasteiger partial charge in [0.1, 0.15) is 18.2 Å². The predicted molar refractivity (Wildman–Crippen MR) is 82.6 cm³/mol. The summed E-state index contributed by atoms with van der Waals surface area (Å²) in [7, 11) is 0. The highest BCUT2D eigenvalue weighted by Crippen LogP contribution is 2.24. The van der Waals surface area contributed by atoms with Gasteiger partial charge in [-0.3, -0.25) is 4.68 Å². The van der Waals surface area contributed by atoms with Crippen molar-refractivity contribution in [3.8, 4) is 5.75 Å². The van der Waals surface area contributed by atoms with Crippen molar-refractivity contribution in [2.45, 2.75) is 39.3 Å². The summed E-state index contributed by atoms with van der Waals surface area (Å²) in [6.45, 7) is 4.93. The van der Waals surface area contributed by atoms with E-state index in [4.69, 9.17) is 27.9 Å². The Morgan fingerprint density at radius 3 is 2.67 bits per heavy atom. The first-order valence-electron chi connectivity index (χ1n) is 6.81. The molecule has 0 aliphatic carbocycles. The summed E-state index contributed by atoms with van der Waals surface area (Å²) >= 11 is 12.0. The van der Waals surface area contributed by atoms with E-state index in [9.17, 15) is 4.39 Å². The molecule has 0 fully saturated rings. The summed E-state index contributed by atoms with van der Waals surface area (Å²) < 4.78 is 20.9. The first kappa shape index (κ1) is 16.1. The Hall–Kier alpha value is -1.26. The lowest BCUT2D eigenvalue weighted by molar-refractivity contribution is 0.291. The minimum Gasteiger partial charge on any atom is -0.487 e. The molecule has 0 unspecified atom stereocenters. The van der Waals surface area contributed by atoms with E-state index < -0.39 is 0 Å². The number of hydrogen-bond acceptors (Lipinski definition) is 2. The SMILES string of the molecule is CCc1nn(CC)c(COc2cc(F)cc(CCl)c2)c1Cl. The van der Waals surface area contributed by atoms with E-state index >= 15 is 0 Å². The van der Waals surface area contributed by atoms with Crippen LogP contribution in [0.15, 0.2) is 18.2 Å². The minimum atomic E-state index is -0.368. The molecule has 2 aromatic rings. The zero-order chi connectivity index (χ0) is 15.4. The van der Waals surface area contributed by atoms with Gasteiger partial charge in [0.15, 0.2) is 0 Å². The van der Waals surface area contributed by atoms with Gasteiger partial charge in [-0.05, 0) is 31.0 Å². The normalized spacial score (nSPS) is 10.9. The zero-order valence-corrected chi connectivity index (χ0v) is 13.5. The minimum absolute atomic E-state index is 0.238. The van der Waals surface area contributed by atoms with E-state index in [1.165, 1.54) is 12.1 Å². The smallest absolute Gasteiger partial charge is 0.131 e. The van der Waals surface area contributed by atoms with Gasteiger partial charge in [-0.1, -0.05) is 18.5 Å². The fourth-order valence-corrected chi connectivity index (χ4v) is 2.57. The maximum Gasteiger partial charge on any atom is 0.131 e. The highest BCUT2D eigenvalue weighted by atomic mass is 35.5. The van der Waals surface area contributed by atoms with Crippen LogP contribution in [0.2, 0.25) is 5.02 Å². The zero-order valence-electron chi connectivity index (χ0n) is 12.0. The Kier molecular flexibility index (Phi) is 5.48. The molecular formula is C15H17Cl2FN2O. The van der Waals surface area contributed by atoms with Crippen molar-refractivity contribution in [1.82, 2.24) is 9.78 Å². The maximum atomic E-state index is 13.4. The summed E-state index contributed by atoms with van der Waals surface area (Å²) in [6.07, 6.45) is 0.759. The van der Waals surface area contributed by atoms with Gasteiger partial charge >= 0.3 is 0 Å². The molecule has 114 valence electrons. The van der Waals surface area contributed by atoms with Gasteiger partial charge in [0.2, 0.25) is 0 Å². The molecule has 0 amide bonds. The van der Waals surface area contributed by atoms with Crippen LogP contribution in [0.4, 0.5) is 4.39 Å². The highest BCUT2D eigenvalue weighted by Gasteiger charge is 2.15. The first-order valence-corrected chi connectivity index (χ1v) is 7.72. The predicted octanol–water partition coefficient (Wildman–Crippen LogP) is 4.58. The molecule has 0 N–H and O–H groups in total. The summed E-state index contributed by atoms with van der Waals surface area (Å²) in [5.41, 5.74) is 2.32. The molecule has 1 aromatic heterocycles. The molecule has 0 saturated carbocycles. The topological polar surface area (TPSA) is 27.1 Å². The van der Waals surface area contributed by atoms with Crippen LogP contribution in [0.1, 0.15) is 30.8 Å². The van der Waals surface area contributed by atoms with Crippen LogP contribution in [-0.2, 0) is 25.5 Å². The molecule has 0 bridgehead atoms. The van der Waals surface area contributed by atoms with Crippen LogP contribution in [0.5, 0.6) is 5.75 Å². The van der Waals surface area contributed by atoms with Gasteiger partial charge in [0, 0.05) is 18.5 Å². The Labute approximate surface area is 133 Å². The molecule has 6 heteroatoms. The summed E-state index contributed by atoms with van der Waals surface area (Å²) in [5.74, 6) is 0.304. The largest absolute Gasteiger partial charge is 0.487 e. The molecule has 3 nitrogen and oxygen atoms in total. The van der Waals surface area contributed by atoms with Gasteiger partial charge in [0.05, 0.1) is 16.4 Å². The molecular weight excluding hydrogens is 314 g/mol. The summed E-state index contributed by atoms with van der Waals surface area (Å²) in [6, 6.07) is 4.44. The third kappa shape index (κ3) is 3.69. The Morgan fingerprint density at radius 1 is 1.29 bits per heavy atom. The molecule has 0 spiro atoms. The van der Waals surface area contributed by atoms with Gasteiger partial charge in [-0.15, -0.1) is 11.6 Å². The molecule has 0 aliphatic heterocycles. The number of alkyl halides is 1. The van der Waals surface area contributed by atoms with Crippen molar-refractivity contribution in [1.29, 1.82) is 0 Å². The van der Waals surface area contributed by atoms with Crippen LogP contribution in [-0.4, -0.2) is 9.78 Å². The second-order valence-corrected chi connectivity index (χ2v) is 5.24. The Balaban J connectivity index is 2.20. The monoisotopic (exact) mass is 330 g/mol. The molecule has 0 saturated heterocycles. The quantitative estimate of drug-likeness (QED) is 0.725. The Morgan fingerprint density at radius 2 is 2.05 bits per heavy atom. The number of rotatable bonds is 6. The van der Waals surface area contributed by atoms with E-state index in [1.54, 1.807) is 6.07 Å². The number of hydrogen-bond donors (Lipinski definition) is 0. The molecule has 2 rings (SSSR count). The fraction of sp³-hybridized carbons (Fsp3) is 0.400. The lowest BCUT2D eigenvalue weighted by Crippen LogP contribution is -2.06. The number of nitrogens with zero attached hydrogens (tertiary/aromatic N) is 2. The third-order valence-corrected chi connectivity index (χ3v) is 3.90. The van der Waals surface area contributed by atoms with Crippen molar-refractivity contribution >= 4 is 23.2 Å². The van der Waals surface area contributed by atoms with Gasteiger partial charge in [0.25, 0.3) is 0 Å². The second-order valence-electron chi connectivity index (χ2n) is 4.59. The van der Waals surface area contributed by atoms with Crippen LogP contribution in [0.25, 0.3) is 0 Å². The maximum absolute atomic E-state index is 13.4. The van der Waals surface area contributed by atoms with E-state index in [1.807, 2.05) is 18.5 Å². The molecule has 1 heterocycles. The van der Waals surface area contributed by atoms with E-state index in [0.717, 1.165) is 17.8 Å². The van der Waals surface area contributed by atoms with Gasteiger partial charge in [-0.25, -0.2) is 4.39 Å². The van der Waals surface area contributed by atoms with E-state index in [2.05, 4.69) is 5.10 Å². The number of benzene rings is 1. The molecule has 1 aromatic carbocycles. The average Bonchev–Trinajstić information content (AvgIpc) is 2.80. The van der Waals surface area contributed by atoms with Gasteiger partial charge in [-0.2, -0.15) is 5.10 Å². The van der Waals surface area contributed by atoms with E-state index in [-0.39, 0.29) is 18.3 Å². The molecule has 0 radical (unpaired) electrons. The second kappa shape index (κ2) is 7.14. The summed E-state index contributed by atoms with van der Waals surface area (Å²) in [4.78, 5) is 0. The number of halogens is 3. The molecule has 21 heavy (non-hydrogen) atoms. The molecule has 0 atom stereocenters. The van der Waals surface area contributed by atoms with Crippen LogP contribution in [0, 0.1) is 5.82 Å². The number of aryl methyl sites for hydroxylation is 2. The lowest BCUT2D eigenvalue weighted by atomic mass is 10.2. The first-order chi connectivity index (χ1) is 10.1. The standard InChI is InChI=1S/C15H17Cl2FN2O/c1-3-13-15(17)14(20(4-2)19-13)9-21-12-6-10(8-16)5-11(18)7-12/h5-7H,3-4,8-9H2,1-2H3. The lowest BCUT2D eigenvalue weighted by Gasteiger charge is -2.09. The Bertz CT molecular complexity index is 628.